The number of aromatic nitrogens is 4. The fourth-order valence-corrected chi connectivity index (χ4v) is 11.3. The fourth-order valence-electron chi connectivity index (χ4n) is 8.46. The van der Waals surface area contributed by atoms with Gasteiger partial charge in [0.1, 0.15) is 36.3 Å². The average molecular weight is 997 g/mol. The van der Waals surface area contributed by atoms with Crippen LogP contribution in [0.3, 0.4) is 0 Å². The second kappa shape index (κ2) is 20.6. The van der Waals surface area contributed by atoms with Crippen LogP contribution in [0.5, 0.6) is 11.6 Å². The Balaban J connectivity index is 1.25. The number of hydrogen-bond donors (Lipinski definition) is 1. The van der Waals surface area contributed by atoms with E-state index < -0.39 is 33.8 Å². The van der Waals surface area contributed by atoms with Crippen LogP contribution in [0.25, 0.3) is 31.8 Å². The lowest BCUT2D eigenvalue weighted by atomic mass is 9.92. The first-order chi connectivity index (χ1) is 32.1. The van der Waals surface area contributed by atoms with Crippen LogP contribution in [0.1, 0.15) is 43.5 Å². The molecule has 7 heterocycles. The van der Waals surface area contributed by atoms with E-state index in [1.807, 2.05) is 25.7 Å². The van der Waals surface area contributed by atoms with Gasteiger partial charge in [-0.2, -0.15) is 0 Å². The van der Waals surface area contributed by atoms with E-state index in [0.29, 0.717) is 90.4 Å². The SMILES string of the molecule is CC/C(OCc1ccnc(N2CCS(=O)(=O)CC2)n1)=C1\C=C(/C)OC[C@@H](CN2CCN(C)CC2)Oc2c(Cl)c(C)c(c(C)c2Cl)-c2c(-c3ccc(F)cc3)sc3ncnc(c23)O[C@@H](C(=O)O)C1. The van der Waals surface area contributed by atoms with E-state index in [1.54, 1.807) is 37.4 Å². The van der Waals surface area contributed by atoms with Crippen molar-refractivity contribution in [1.29, 1.82) is 0 Å². The van der Waals surface area contributed by atoms with Gasteiger partial charge < -0.3 is 33.9 Å². The monoisotopic (exact) mass is 995 g/mol. The van der Waals surface area contributed by atoms with Gasteiger partial charge in [0.25, 0.3) is 0 Å². The molecule has 15 nitrogen and oxygen atoms in total. The number of halogens is 3. The molecule has 0 radical (unpaired) electrons. The maximum absolute atomic E-state index is 14.4. The van der Waals surface area contributed by atoms with Crippen molar-refractivity contribution < 1.29 is 41.7 Å². The smallest absolute Gasteiger partial charge is 0.345 e. The molecular weight excluding hydrogens is 945 g/mol. The molecule has 4 aliphatic heterocycles. The van der Waals surface area contributed by atoms with Crippen LogP contribution in [0.4, 0.5) is 10.3 Å². The number of sulfone groups is 1. The van der Waals surface area contributed by atoms with E-state index in [9.17, 15) is 22.7 Å². The summed E-state index contributed by atoms with van der Waals surface area (Å²) in [6.45, 7) is 12.0. The number of rotatable bonds is 9. The number of fused-ring (bicyclic) bond motifs is 10. The molecule has 2 saturated heterocycles. The van der Waals surface area contributed by atoms with Crippen LogP contribution in [-0.4, -0.2) is 132 Å². The van der Waals surface area contributed by atoms with Crippen LogP contribution in [0.2, 0.25) is 10.0 Å². The zero-order valence-electron chi connectivity index (χ0n) is 37.9. The van der Waals surface area contributed by atoms with E-state index in [4.69, 9.17) is 42.1 Å². The maximum Gasteiger partial charge on any atom is 0.345 e. The van der Waals surface area contributed by atoms with Crippen molar-refractivity contribution in [1.82, 2.24) is 29.7 Å². The third kappa shape index (κ3) is 10.9. The zero-order chi connectivity index (χ0) is 47.6. The first kappa shape index (κ1) is 48.4. The van der Waals surface area contributed by atoms with Crippen LogP contribution < -0.4 is 14.4 Å². The summed E-state index contributed by atoms with van der Waals surface area (Å²) in [7, 11) is -1.02. The Morgan fingerprint density at radius 1 is 0.955 bits per heavy atom. The number of carbonyl (C=O) groups is 1. The summed E-state index contributed by atoms with van der Waals surface area (Å²) in [6.07, 6.45) is 2.82. The van der Waals surface area contributed by atoms with Gasteiger partial charge in [-0.1, -0.05) is 42.3 Å². The fraction of sp³-hybridized carbons (Fsp3) is 0.426. The number of ether oxygens (including phenoxy) is 4. The summed E-state index contributed by atoms with van der Waals surface area (Å²) in [5, 5.41) is 11.9. The summed E-state index contributed by atoms with van der Waals surface area (Å²) in [5.74, 6) is 0.00745. The lowest BCUT2D eigenvalue weighted by Gasteiger charge is -2.35. The number of likely N-dealkylation sites (N-methyl/N-ethyl adjacent to an activating group) is 1. The molecule has 1 N–H and O–H groups in total. The second-order valence-corrected chi connectivity index (χ2v) is 20.9. The van der Waals surface area contributed by atoms with Crippen LogP contribution >= 0.6 is 34.5 Å². The van der Waals surface area contributed by atoms with Crippen molar-refractivity contribution in [2.24, 2.45) is 0 Å². The minimum absolute atomic E-state index is 0.00855. The van der Waals surface area contributed by atoms with Crippen molar-refractivity contribution in [3.63, 3.8) is 0 Å². The molecule has 0 aliphatic carbocycles. The van der Waals surface area contributed by atoms with Crippen molar-refractivity contribution in [3.05, 3.63) is 98.7 Å². The predicted molar refractivity (Wildman–Crippen MR) is 257 cm³/mol. The van der Waals surface area contributed by atoms with Gasteiger partial charge in [-0.3, -0.25) is 4.90 Å². The van der Waals surface area contributed by atoms with E-state index in [0.717, 1.165) is 26.2 Å². The van der Waals surface area contributed by atoms with Crippen molar-refractivity contribution in [3.8, 4) is 33.2 Å². The highest BCUT2D eigenvalue weighted by atomic mass is 35.5. The highest BCUT2D eigenvalue weighted by Crippen LogP contribution is 2.53. The molecule has 20 heteroatoms. The molecule has 4 aliphatic rings. The van der Waals surface area contributed by atoms with Gasteiger partial charge in [0.05, 0.1) is 44.1 Å². The summed E-state index contributed by atoms with van der Waals surface area (Å²) in [6, 6.07) is 7.80. The number of nitrogens with zero attached hydrogens (tertiary/aromatic N) is 7. The molecule has 67 heavy (non-hydrogen) atoms. The van der Waals surface area contributed by atoms with Gasteiger partial charge in [0, 0.05) is 75.3 Å². The van der Waals surface area contributed by atoms with Gasteiger partial charge in [-0.05, 0) is 79.9 Å². The molecule has 5 aromatic rings. The summed E-state index contributed by atoms with van der Waals surface area (Å²) >= 11 is 16.0. The molecule has 2 aromatic carbocycles. The number of carboxylic acid groups (broad SMARTS) is 1. The van der Waals surface area contributed by atoms with Gasteiger partial charge in [0.15, 0.2) is 15.6 Å². The normalized spacial score (nSPS) is 21.1. The Bertz CT molecular complexity index is 2790. The number of hydrogen-bond acceptors (Lipinski definition) is 15. The molecule has 0 spiro atoms. The largest absolute Gasteiger partial charge is 0.494 e. The second-order valence-electron chi connectivity index (χ2n) is 16.9. The molecule has 0 amide bonds. The number of benzene rings is 2. The highest BCUT2D eigenvalue weighted by molar-refractivity contribution is 7.91. The third-order valence-electron chi connectivity index (χ3n) is 12.2. The lowest BCUT2D eigenvalue weighted by molar-refractivity contribution is -0.145. The molecule has 9 rings (SSSR count). The number of thiophene rings is 1. The van der Waals surface area contributed by atoms with Gasteiger partial charge in [0.2, 0.25) is 17.9 Å². The average Bonchev–Trinajstić information content (AvgIpc) is 3.69. The molecule has 2 atom stereocenters. The minimum Gasteiger partial charge on any atom is -0.494 e. The molecule has 0 saturated carbocycles. The van der Waals surface area contributed by atoms with Crippen molar-refractivity contribution >= 4 is 66.5 Å². The zero-order valence-corrected chi connectivity index (χ0v) is 41.0. The lowest BCUT2D eigenvalue weighted by Crippen LogP contribution is -2.48. The predicted octanol–water partition coefficient (Wildman–Crippen LogP) is 8.14. The van der Waals surface area contributed by atoms with Crippen molar-refractivity contribution in [2.75, 3.05) is 75.9 Å². The number of aliphatic carboxylic acids is 1. The molecule has 0 unspecified atom stereocenters. The molecule has 2 bridgehead atoms. The number of piperazine rings is 1. The Labute approximate surface area is 403 Å². The van der Waals surface area contributed by atoms with E-state index in [1.165, 1.54) is 29.8 Å². The number of anilines is 1. The quantitative estimate of drug-likeness (QED) is 0.140. The Hall–Kier alpha value is -5.11. The topological polar surface area (TPSA) is 170 Å². The Morgan fingerprint density at radius 2 is 1.66 bits per heavy atom. The van der Waals surface area contributed by atoms with E-state index in [2.05, 4.69) is 36.8 Å². The Morgan fingerprint density at radius 3 is 2.33 bits per heavy atom. The van der Waals surface area contributed by atoms with Crippen molar-refractivity contribution in [2.45, 2.75) is 59.4 Å². The van der Waals surface area contributed by atoms with Gasteiger partial charge >= 0.3 is 5.97 Å². The van der Waals surface area contributed by atoms with Crippen LogP contribution in [-0.2, 0) is 30.7 Å². The Kier molecular flexibility index (Phi) is 14.9. The van der Waals surface area contributed by atoms with Crippen LogP contribution in [0.15, 0.2) is 66.0 Å². The summed E-state index contributed by atoms with van der Waals surface area (Å²) in [5.41, 5.74) is 4.24. The molecule has 356 valence electrons. The number of allylic oxidation sites excluding steroid dienone is 3. The molecule has 2 fully saturated rings. The highest BCUT2D eigenvalue weighted by Gasteiger charge is 2.32. The summed E-state index contributed by atoms with van der Waals surface area (Å²) in [4.78, 5) is 39.2. The number of carboxylic acids is 1. The first-order valence-electron chi connectivity index (χ1n) is 22.0. The van der Waals surface area contributed by atoms with Gasteiger partial charge in [-0.25, -0.2) is 37.5 Å². The first-order valence-corrected chi connectivity index (χ1v) is 25.4. The van der Waals surface area contributed by atoms with E-state index >= 15 is 0 Å². The summed E-state index contributed by atoms with van der Waals surface area (Å²) < 4.78 is 64.8. The minimum atomic E-state index is -3.11. The molecule has 3 aromatic heterocycles. The van der Waals surface area contributed by atoms with Crippen LogP contribution in [0, 0.1) is 19.7 Å². The maximum atomic E-state index is 14.4. The van der Waals surface area contributed by atoms with Gasteiger partial charge in [-0.15, -0.1) is 11.3 Å². The molecular formula is C47H52Cl2FN7O8S2. The van der Waals surface area contributed by atoms with E-state index in [-0.39, 0.29) is 60.2 Å². The third-order valence-corrected chi connectivity index (χ3v) is 15.8. The standard InChI is InChI=1S/C47H52Cl2FN7O8S2/c1-6-35(63-24-33-11-12-51-47(54-33)57-17-19-67(60,61)20-18-57)31-21-27(2)62-25-34(23-56-15-13-55(5)14-16-56)64-42-40(48)28(3)37(29(4)41(42)49)38-39-44(65-36(22-31)46(58)59)52-26-53-45(39)66-43(38)30-7-9-32(50)10-8-30/h7-12,21,26,34,36H,6,13-20,22-25H2,1-5H3,(H,58,59)/b27-21+,35-31-/t34-,36-/m1/s1.